The van der Waals surface area contributed by atoms with Crippen LogP contribution in [0.1, 0.15) is 39.1 Å². The maximum Gasteiger partial charge on any atom is 0.336 e. The third-order valence-corrected chi connectivity index (χ3v) is 7.34. The predicted molar refractivity (Wildman–Crippen MR) is 117 cm³/mol. The molecule has 35 heavy (non-hydrogen) atoms. The molecule has 2 unspecified atom stereocenters. The lowest BCUT2D eigenvalue weighted by molar-refractivity contribution is -0.162. The summed E-state index contributed by atoms with van der Waals surface area (Å²) >= 11 is 0. The maximum absolute atomic E-state index is 13.5. The number of likely N-dealkylation sites (N-methyl/N-ethyl adjacent to an activating group) is 1. The van der Waals surface area contributed by atoms with Crippen LogP contribution < -0.4 is 5.73 Å². The summed E-state index contributed by atoms with van der Waals surface area (Å²) in [6, 6.07) is 0.688. The van der Waals surface area contributed by atoms with Gasteiger partial charge in [-0.15, -0.1) is 0 Å². The molecule has 12 heteroatoms. The number of aliphatic hydroxyl groups is 4. The largest absolute Gasteiger partial charge is 0.510 e. The summed E-state index contributed by atoms with van der Waals surface area (Å²) in [5, 5.41) is 65.0. The Morgan fingerprint density at radius 1 is 1.11 bits per heavy atom. The van der Waals surface area contributed by atoms with Crippen molar-refractivity contribution < 1.29 is 49.8 Å². The lowest BCUT2D eigenvalue weighted by Gasteiger charge is -2.53. The van der Waals surface area contributed by atoms with Gasteiger partial charge in [-0.3, -0.25) is 19.3 Å². The number of ketones is 2. The zero-order valence-corrected chi connectivity index (χ0v) is 18.9. The fourth-order valence-corrected chi connectivity index (χ4v) is 5.89. The number of Topliss-reactive ketones (excluding diaryl/α,β-unsaturated/α-hetero) is 2. The standard InChI is InChI=1S/C23H24N2O10/c1-6-9-7(22(33)34)4-5-8(26)11(9)16(27)12-10(6)17(28)14-15(25(2)3)18(29)13(21(24)32)20(31)23(14,35)19(12)30/h4-6,10,14-15,17,26,28-30,35H,1-3H3,(H2,24,32)(H,33,34)/t6-,10?,14?,15-,17-,23-/m0/s1. The summed E-state index contributed by atoms with van der Waals surface area (Å²) in [6.07, 6.45) is -1.80. The van der Waals surface area contributed by atoms with Gasteiger partial charge in [-0.25, -0.2) is 4.79 Å². The molecule has 3 aliphatic rings. The van der Waals surface area contributed by atoms with Crippen molar-refractivity contribution in [1.82, 2.24) is 4.90 Å². The molecule has 0 fully saturated rings. The summed E-state index contributed by atoms with van der Waals surface area (Å²) in [7, 11) is 2.84. The first-order chi connectivity index (χ1) is 16.2. The Hall–Kier alpha value is -3.74. The number of aliphatic hydroxyl groups excluding tert-OH is 3. The molecule has 0 saturated carbocycles. The molecular weight excluding hydrogens is 464 g/mol. The normalized spacial score (nSPS) is 32.3. The van der Waals surface area contributed by atoms with Gasteiger partial charge in [0, 0.05) is 11.5 Å². The number of primary amides is 1. The first kappa shape index (κ1) is 24.4. The smallest absolute Gasteiger partial charge is 0.336 e. The van der Waals surface area contributed by atoms with Crippen LogP contribution in [-0.2, 0) is 9.59 Å². The summed E-state index contributed by atoms with van der Waals surface area (Å²) in [6.45, 7) is 1.46. The molecule has 0 aromatic heterocycles. The maximum atomic E-state index is 13.5. The Bertz CT molecular complexity index is 1280. The van der Waals surface area contributed by atoms with Gasteiger partial charge in [-0.05, 0) is 37.7 Å². The van der Waals surface area contributed by atoms with E-state index in [-0.39, 0.29) is 11.1 Å². The second-order valence-corrected chi connectivity index (χ2v) is 9.28. The van der Waals surface area contributed by atoms with E-state index in [1.807, 2.05) is 0 Å². The molecule has 6 atom stereocenters. The predicted octanol–water partition coefficient (Wildman–Crippen LogP) is -0.649. The number of fused-ring (bicyclic) bond motifs is 3. The van der Waals surface area contributed by atoms with Crippen molar-refractivity contribution in [2.75, 3.05) is 14.1 Å². The lowest BCUT2D eigenvalue weighted by atomic mass is 9.55. The van der Waals surface area contributed by atoms with Crippen LogP contribution in [0.3, 0.4) is 0 Å². The van der Waals surface area contributed by atoms with Gasteiger partial charge in [0.05, 0.1) is 29.2 Å². The first-order valence-corrected chi connectivity index (χ1v) is 10.6. The van der Waals surface area contributed by atoms with E-state index >= 15 is 0 Å². The van der Waals surface area contributed by atoms with Crippen LogP contribution in [0, 0.1) is 11.8 Å². The highest BCUT2D eigenvalue weighted by Gasteiger charge is 2.67. The van der Waals surface area contributed by atoms with E-state index in [1.54, 1.807) is 0 Å². The van der Waals surface area contributed by atoms with Gasteiger partial charge in [-0.1, -0.05) is 6.92 Å². The van der Waals surface area contributed by atoms with Crippen LogP contribution >= 0.6 is 0 Å². The number of nitrogens with zero attached hydrogens (tertiary/aromatic N) is 1. The van der Waals surface area contributed by atoms with Crippen molar-refractivity contribution in [3.05, 3.63) is 51.5 Å². The Kier molecular flexibility index (Phi) is 5.32. The van der Waals surface area contributed by atoms with E-state index in [2.05, 4.69) is 0 Å². The molecule has 8 N–H and O–H groups in total. The number of aromatic carboxylic acids is 1. The molecule has 3 aliphatic carbocycles. The molecule has 0 heterocycles. The number of rotatable bonds is 3. The van der Waals surface area contributed by atoms with Gasteiger partial charge in [0.15, 0.2) is 11.4 Å². The van der Waals surface area contributed by atoms with Gasteiger partial charge >= 0.3 is 5.97 Å². The highest BCUT2D eigenvalue weighted by molar-refractivity contribution is 6.25. The summed E-state index contributed by atoms with van der Waals surface area (Å²) in [5.74, 6) is -12.0. The zero-order valence-electron chi connectivity index (χ0n) is 18.9. The molecule has 0 bridgehead atoms. The van der Waals surface area contributed by atoms with E-state index < -0.39 is 92.9 Å². The minimum Gasteiger partial charge on any atom is -0.510 e. The quantitative estimate of drug-likeness (QED) is 0.265. The van der Waals surface area contributed by atoms with E-state index in [0.29, 0.717) is 0 Å². The molecule has 186 valence electrons. The number of carbonyl (C=O) groups excluding carboxylic acids is 3. The number of carbonyl (C=O) groups is 4. The number of carboxylic acids is 1. The Morgan fingerprint density at radius 3 is 2.23 bits per heavy atom. The van der Waals surface area contributed by atoms with Crippen molar-refractivity contribution in [2.24, 2.45) is 17.6 Å². The number of phenols is 1. The highest BCUT2D eigenvalue weighted by Crippen LogP contribution is 2.55. The minimum absolute atomic E-state index is 0.0883. The highest BCUT2D eigenvalue weighted by atomic mass is 16.4. The number of hydrogen-bond donors (Lipinski definition) is 7. The topological polar surface area (TPSA) is 219 Å². The van der Waals surface area contributed by atoms with Crippen LogP contribution in [0.25, 0.3) is 0 Å². The van der Waals surface area contributed by atoms with Crippen LogP contribution in [0.2, 0.25) is 0 Å². The molecule has 1 aromatic carbocycles. The Labute approximate surface area is 198 Å². The number of phenolic OH excluding ortho intramolecular Hbond substituents is 1. The van der Waals surface area contributed by atoms with Crippen LogP contribution in [-0.4, -0.2) is 90.8 Å². The molecule has 0 radical (unpaired) electrons. The molecule has 1 amide bonds. The van der Waals surface area contributed by atoms with Crippen molar-refractivity contribution in [2.45, 2.75) is 30.6 Å². The molecule has 0 aliphatic heterocycles. The number of benzene rings is 1. The van der Waals surface area contributed by atoms with Gasteiger partial charge in [0.25, 0.3) is 5.91 Å². The average Bonchev–Trinajstić information content (AvgIpc) is 2.75. The minimum atomic E-state index is -3.02. The number of nitrogens with two attached hydrogens (primary N) is 1. The van der Waals surface area contributed by atoms with Crippen LogP contribution in [0.15, 0.2) is 34.8 Å². The van der Waals surface area contributed by atoms with Crippen molar-refractivity contribution in [3.8, 4) is 5.75 Å². The van der Waals surface area contributed by atoms with Crippen LogP contribution in [0.5, 0.6) is 5.75 Å². The van der Waals surface area contributed by atoms with Crippen molar-refractivity contribution in [1.29, 1.82) is 0 Å². The molecule has 12 nitrogen and oxygen atoms in total. The number of carboxylic acid groups (broad SMARTS) is 1. The molecular formula is C23H24N2O10. The summed E-state index contributed by atoms with van der Waals surface area (Å²) in [4.78, 5) is 51.9. The third-order valence-electron chi connectivity index (χ3n) is 7.34. The fraction of sp³-hybridized carbons (Fsp3) is 0.391. The van der Waals surface area contributed by atoms with E-state index in [0.717, 1.165) is 12.1 Å². The Balaban J connectivity index is 2.09. The molecule has 0 saturated heterocycles. The fourth-order valence-electron chi connectivity index (χ4n) is 5.89. The average molecular weight is 488 g/mol. The van der Waals surface area contributed by atoms with Gasteiger partial charge < -0.3 is 36.4 Å². The second kappa shape index (κ2) is 7.63. The molecule has 4 rings (SSSR count). The van der Waals surface area contributed by atoms with Gasteiger partial charge in [0.2, 0.25) is 5.78 Å². The summed E-state index contributed by atoms with van der Waals surface area (Å²) in [5.41, 5.74) is -0.219. The van der Waals surface area contributed by atoms with Gasteiger partial charge in [0.1, 0.15) is 22.8 Å². The number of amides is 1. The lowest BCUT2D eigenvalue weighted by Crippen LogP contribution is -2.68. The van der Waals surface area contributed by atoms with Gasteiger partial charge in [-0.2, -0.15) is 0 Å². The Morgan fingerprint density at radius 2 is 1.71 bits per heavy atom. The number of aromatic hydroxyl groups is 1. The van der Waals surface area contributed by atoms with E-state index in [1.165, 1.54) is 25.9 Å². The monoisotopic (exact) mass is 488 g/mol. The van der Waals surface area contributed by atoms with E-state index in [4.69, 9.17) is 5.73 Å². The second-order valence-electron chi connectivity index (χ2n) is 9.28. The molecule has 1 aromatic rings. The van der Waals surface area contributed by atoms with E-state index in [9.17, 15) is 49.8 Å². The number of hydrogen-bond acceptors (Lipinski definition) is 10. The van der Waals surface area contributed by atoms with Crippen LogP contribution in [0.4, 0.5) is 0 Å². The SMILES string of the molecule is C[C@H]1c2c(C(=O)O)ccc(O)c2C(=O)C2=C(O)[C@]3(O)C(=O)C(C(N)=O)=C(O)[C@@H](N(C)C)C3[C@@H](O)C21. The zero-order chi connectivity index (χ0) is 26.3. The van der Waals surface area contributed by atoms with Crippen molar-refractivity contribution >= 4 is 23.4 Å². The van der Waals surface area contributed by atoms with Crippen molar-refractivity contribution in [3.63, 3.8) is 0 Å². The summed E-state index contributed by atoms with van der Waals surface area (Å²) < 4.78 is 0. The first-order valence-electron chi connectivity index (χ1n) is 10.6. The third kappa shape index (κ3) is 2.90. The molecule has 0 spiro atoms.